The van der Waals surface area contributed by atoms with Gasteiger partial charge in [0, 0.05) is 31.1 Å². The fourth-order valence-electron chi connectivity index (χ4n) is 3.50. The Morgan fingerprint density at radius 2 is 2.00 bits per heavy atom. The third kappa shape index (κ3) is 3.64. The second kappa shape index (κ2) is 6.94. The predicted octanol–water partition coefficient (Wildman–Crippen LogP) is 4.34. The Morgan fingerprint density at radius 3 is 2.54 bits per heavy atom. The summed E-state index contributed by atoms with van der Waals surface area (Å²) in [5, 5.41) is 0. The molecule has 0 spiro atoms. The molecule has 3 rings (SSSR count). The lowest BCUT2D eigenvalue weighted by molar-refractivity contribution is 0.0158. The third-order valence-electron chi connectivity index (χ3n) is 4.93. The zero-order valence-electron chi connectivity index (χ0n) is 14.7. The molecule has 0 saturated carbocycles. The molecule has 138 valence electrons. The zero-order valence-corrected chi connectivity index (χ0v) is 14.7. The van der Waals surface area contributed by atoms with Crippen molar-refractivity contribution in [2.24, 2.45) is 5.73 Å². The number of carbonyl (C=O) groups is 1. The monoisotopic (exact) mass is 360 g/mol. The zero-order chi connectivity index (χ0) is 18.9. The molecule has 0 unspecified atom stereocenters. The summed E-state index contributed by atoms with van der Waals surface area (Å²) in [4.78, 5) is 13.5. The number of piperidine rings is 1. The number of halogens is 2. The molecule has 0 aliphatic carbocycles. The first kappa shape index (κ1) is 18.2. The van der Waals surface area contributed by atoms with Crippen LogP contribution in [0.25, 0.3) is 5.70 Å². The highest BCUT2D eigenvalue weighted by atomic mass is 19.3. The normalized spacial score (nSPS) is 15.9. The summed E-state index contributed by atoms with van der Waals surface area (Å²) < 4.78 is 33.6. The maximum Gasteiger partial charge on any atom is 0.270 e. The molecule has 1 aliphatic rings. The van der Waals surface area contributed by atoms with Crippen molar-refractivity contribution in [3.8, 4) is 0 Å². The lowest BCUT2D eigenvalue weighted by Gasteiger charge is -2.35. The average molecular weight is 360 g/mol. The minimum absolute atomic E-state index is 0.00148. The Balaban J connectivity index is 1.79. The fraction of sp³-hybridized carbons (Fsp3) is 0.350. The van der Waals surface area contributed by atoms with Crippen molar-refractivity contribution in [1.82, 2.24) is 4.90 Å². The van der Waals surface area contributed by atoms with E-state index in [0.29, 0.717) is 18.7 Å². The summed E-state index contributed by atoms with van der Waals surface area (Å²) in [6.45, 7) is 6.33. The summed E-state index contributed by atoms with van der Waals surface area (Å²) in [6, 6.07) is 8.04. The molecule has 26 heavy (non-hydrogen) atoms. The fourth-order valence-corrected chi connectivity index (χ4v) is 3.50. The number of hydrogen-bond acceptors (Lipinski definition) is 3. The smallest absolute Gasteiger partial charge is 0.270 e. The molecule has 6 heteroatoms. The van der Waals surface area contributed by atoms with Gasteiger partial charge < -0.3 is 15.1 Å². The van der Waals surface area contributed by atoms with E-state index in [1.807, 2.05) is 12.1 Å². The molecular formula is C20H22F2N2O2. The maximum atomic E-state index is 14.1. The topological polar surface area (TPSA) is 59.5 Å². The van der Waals surface area contributed by atoms with Crippen LogP contribution in [0.15, 0.2) is 47.6 Å². The Hall–Kier alpha value is -2.63. The molecule has 0 atom stereocenters. The Morgan fingerprint density at radius 1 is 1.31 bits per heavy atom. The summed E-state index contributed by atoms with van der Waals surface area (Å²) in [5.41, 5.74) is 6.63. The number of rotatable bonds is 5. The van der Waals surface area contributed by atoms with Gasteiger partial charge in [-0.05, 0) is 48.6 Å². The maximum absolute atomic E-state index is 14.1. The van der Waals surface area contributed by atoms with E-state index in [1.165, 1.54) is 12.1 Å². The predicted molar refractivity (Wildman–Crippen MR) is 95.8 cm³/mol. The summed E-state index contributed by atoms with van der Waals surface area (Å²) in [7, 11) is 0. The van der Waals surface area contributed by atoms with Crippen LogP contribution in [-0.4, -0.2) is 23.9 Å². The molecule has 0 bridgehead atoms. The molecule has 2 N–H and O–H groups in total. The van der Waals surface area contributed by atoms with Crippen molar-refractivity contribution in [2.45, 2.75) is 31.6 Å². The first-order valence-corrected chi connectivity index (χ1v) is 8.57. The van der Waals surface area contributed by atoms with E-state index >= 15 is 0 Å². The van der Waals surface area contributed by atoms with Gasteiger partial charge in [0.15, 0.2) is 0 Å². The standard InChI is InChI=1S/C20H22F2N2O2/c1-13(18-4-3-11-26-18)24-9-7-14(8-10-24)16-6-5-15(19(23)25)12-17(16)20(2,21)22/h3-6,11-12,14H,1,7-10H2,2H3,(H2,23,25). The van der Waals surface area contributed by atoms with Crippen LogP contribution in [0.3, 0.4) is 0 Å². The van der Waals surface area contributed by atoms with Gasteiger partial charge in [0.2, 0.25) is 5.91 Å². The van der Waals surface area contributed by atoms with Crippen molar-refractivity contribution in [3.05, 3.63) is 65.6 Å². The summed E-state index contributed by atoms with van der Waals surface area (Å²) >= 11 is 0. The van der Waals surface area contributed by atoms with Gasteiger partial charge >= 0.3 is 0 Å². The van der Waals surface area contributed by atoms with Gasteiger partial charge in [-0.1, -0.05) is 12.6 Å². The quantitative estimate of drug-likeness (QED) is 0.863. The second-order valence-corrected chi connectivity index (χ2v) is 6.74. The SMILES string of the molecule is C=C(c1ccco1)N1CCC(c2ccc(C(N)=O)cc2C(C)(F)F)CC1. The van der Waals surface area contributed by atoms with Crippen molar-refractivity contribution < 1.29 is 18.0 Å². The first-order valence-electron chi connectivity index (χ1n) is 8.57. The molecule has 2 heterocycles. The number of alkyl halides is 2. The average Bonchev–Trinajstić information content (AvgIpc) is 3.14. The molecule has 1 fully saturated rings. The van der Waals surface area contributed by atoms with Gasteiger partial charge in [-0.25, -0.2) is 8.78 Å². The van der Waals surface area contributed by atoms with Crippen molar-refractivity contribution >= 4 is 11.6 Å². The largest absolute Gasteiger partial charge is 0.463 e. The van der Waals surface area contributed by atoms with E-state index in [0.717, 1.165) is 31.2 Å². The number of furan rings is 1. The molecule has 1 aliphatic heterocycles. The van der Waals surface area contributed by atoms with Crippen LogP contribution in [0.4, 0.5) is 8.78 Å². The Labute approximate surface area is 151 Å². The van der Waals surface area contributed by atoms with Gasteiger partial charge in [-0.15, -0.1) is 0 Å². The molecule has 2 aromatic rings. The van der Waals surface area contributed by atoms with E-state index in [-0.39, 0.29) is 17.0 Å². The number of carbonyl (C=O) groups excluding carboxylic acids is 1. The highest BCUT2D eigenvalue weighted by molar-refractivity contribution is 5.93. The molecule has 1 saturated heterocycles. The number of primary amides is 1. The minimum Gasteiger partial charge on any atom is -0.463 e. The summed E-state index contributed by atoms with van der Waals surface area (Å²) in [6.07, 6.45) is 3.04. The van der Waals surface area contributed by atoms with Crippen molar-refractivity contribution in [3.63, 3.8) is 0 Å². The van der Waals surface area contributed by atoms with Crippen LogP contribution in [0.2, 0.25) is 0 Å². The second-order valence-electron chi connectivity index (χ2n) is 6.74. The number of amides is 1. The van der Waals surface area contributed by atoms with E-state index < -0.39 is 11.8 Å². The van der Waals surface area contributed by atoms with E-state index in [1.54, 1.807) is 12.3 Å². The minimum atomic E-state index is -3.03. The van der Waals surface area contributed by atoms with Crippen LogP contribution < -0.4 is 5.73 Å². The van der Waals surface area contributed by atoms with E-state index in [4.69, 9.17) is 10.2 Å². The van der Waals surface area contributed by atoms with Crippen LogP contribution in [-0.2, 0) is 5.92 Å². The van der Waals surface area contributed by atoms with Gasteiger partial charge in [-0.2, -0.15) is 0 Å². The lowest BCUT2D eigenvalue weighted by Crippen LogP contribution is -2.32. The first-order chi connectivity index (χ1) is 12.3. The van der Waals surface area contributed by atoms with Crippen LogP contribution >= 0.6 is 0 Å². The van der Waals surface area contributed by atoms with Crippen molar-refractivity contribution in [1.29, 1.82) is 0 Å². The molecule has 4 nitrogen and oxygen atoms in total. The van der Waals surface area contributed by atoms with Crippen LogP contribution in [0.1, 0.15) is 52.9 Å². The van der Waals surface area contributed by atoms with Gasteiger partial charge in [0.25, 0.3) is 5.92 Å². The Bertz CT molecular complexity index is 802. The number of likely N-dealkylation sites (tertiary alicyclic amines) is 1. The number of benzene rings is 1. The van der Waals surface area contributed by atoms with Gasteiger partial charge in [-0.3, -0.25) is 4.79 Å². The number of nitrogens with zero attached hydrogens (tertiary/aromatic N) is 1. The van der Waals surface area contributed by atoms with Crippen LogP contribution in [0, 0.1) is 0 Å². The molecule has 1 aromatic carbocycles. The third-order valence-corrected chi connectivity index (χ3v) is 4.93. The van der Waals surface area contributed by atoms with Crippen molar-refractivity contribution in [2.75, 3.05) is 13.1 Å². The highest BCUT2D eigenvalue weighted by Crippen LogP contribution is 2.39. The van der Waals surface area contributed by atoms with E-state index in [9.17, 15) is 13.6 Å². The van der Waals surface area contributed by atoms with E-state index in [2.05, 4.69) is 11.5 Å². The molecular weight excluding hydrogens is 338 g/mol. The van der Waals surface area contributed by atoms with Gasteiger partial charge in [0.05, 0.1) is 12.0 Å². The molecule has 1 amide bonds. The lowest BCUT2D eigenvalue weighted by atomic mass is 9.84. The highest BCUT2D eigenvalue weighted by Gasteiger charge is 2.32. The van der Waals surface area contributed by atoms with Gasteiger partial charge in [0.1, 0.15) is 5.76 Å². The number of nitrogens with two attached hydrogens (primary N) is 1. The Kier molecular flexibility index (Phi) is 4.85. The van der Waals surface area contributed by atoms with Crippen LogP contribution in [0.5, 0.6) is 0 Å². The number of hydrogen-bond donors (Lipinski definition) is 1. The summed E-state index contributed by atoms with van der Waals surface area (Å²) in [5.74, 6) is -3.02. The molecule has 1 aromatic heterocycles. The molecule has 0 radical (unpaired) electrons.